The van der Waals surface area contributed by atoms with E-state index in [0.29, 0.717) is 43.4 Å². The molecule has 0 bridgehead atoms. The first kappa shape index (κ1) is 19.3. The van der Waals surface area contributed by atoms with Crippen LogP contribution in [0.5, 0.6) is 23.0 Å². The lowest BCUT2D eigenvalue weighted by molar-refractivity contribution is -0.124. The molecule has 3 rings (SSSR count). The molecular weight excluding hydrogens is 366 g/mol. The van der Waals surface area contributed by atoms with Gasteiger partial charge in [-0.15, -0.1) is 0 Å². The van der Waals surface area contributed by atoms with Gasteiger partial charge in [-0.25, -0.2) is 4.79 Å². The summed E-state index contributed by atoms with van der Waals surface area (Å²) in [7, 11) is 1.44. The average molecular weight is 387 g/mol. The number of methoxy groups -OCH3 is 1. The number of hydrogen-bond donors (Lipinski definition) is 2. The van der Waals surface area contributed by atoms with Crippen molar-refractivity contribution in [2.24, 2.45) is 0 Å². The number of nitrogens with one attached hydrogen (secondary N) is 1. The number of esters is 1. The molecule has 0 saturated carbocycles. The highest BCUT2D eigenvalue weighted by atomic mass is 16.6. The van der Waals surface area contributed by atoms with Crippen molar-refractivity contribution < 1.29 is 33.6 Å². The van der Waals surface area contributed by atoms with Crippen LogP contribution in [0.15, 0.2) is 36.4 Å². The maximum absolute atomic E-state index is 12.0. The van der Waals surface area contributed by atoms with Crippen LogP contribution in [-0.4, -0.2) is 50.5 Å². The van der Waals surface area contributed by atoms with Gasteiger partial charge >= 0.3 is 5.97 Å². The molecular formula is C20H21NO7. The number of aromatic hydroxyl groups is 1. The fraction of sp³-hybridized carbons (Fsp3) is 0.300. The Morgan fingerprint density at radius 1 is 1.11 bits per heavy atom. The number of phenols is 1. The summed E-state index contributed by atoms with van der Waals surface area (Å²) in [5.74, 6) is 0.318. The fourth-order valence-electron chi connectivity index (χ4n) is 2.66. The van der Waals surface area contributed by atoms with E-state index in [9.17, 15) is 14.7 Å². The first-order chi connectivity index (χ1) is 13.6. The van der Waals surface area contributed by atoms with Gasteiger partial charge in [0.2, 0.25) is 0 Å². The van der Waals surface area contributed by atoms with E-state index < -0.39 is 18.5 Å². The van der Waals surface area contributed by atoms with Crippen LogP contribution in [0.3, 0.4) is 0 Å². The van der Waals surface area contributed by atoms with Crippen molar-refractivity contribution in [2.45, 2.75) is 6.42 Å². The standard InChI is InChI=1S/C20H21NO7/c1-25-14-3-4-16(22)15(11-14)20(24)28-12-19(23)21-7-6-13-2-5-17-18(10-13)27-9-8-26-17/h2-5,10-11,22H,6-9,12H2,1H3,(H,21,23). The van der Waals surface area contributed by atoms with Gasteiger partial charge in [-0.3, -0.25) is 4.79 Å². The highest BCUT2D eigenvalue weighted by molar-refractivity contribution is 5.94. The van der Waals surface area contributed by atoms with Crippen LogP contribution in [0.4, 0.5) is 0 Å². The van der Waals surface area contributed by atoms with Crippen molar-refractivity contribution >= 4 is 11.9 Å². The van der Waals surface area contributed by atoms with Gasteiger partial charge in [-0.1, -0.05) is 6.07 Å². The summed E-state index contributed by atoms with van der Waals surface area (Å²) < 4.78 is 20.9. The van der Waals surface area contributed by atoms with Gasteiger partial charge in [0.15, 0.2) is 18.1 Å². The van der Waals surface area contributed by atoms with E-state index in [1.165, 1.54) is 25.3 Å². The Morgan fingerprint density at radius 2 is 1.89 bits per heavy atom. The van der Waals surface area contributed by atoms with E-state index in [0.717, 1.165) is 5.56 Å². The summed E-state index contributed by atoms with van der Waals surface area (Å²) in [6.45, 7) is 0.979. The van der Waals surface area contributed by atoms with Crippen LogP contribution in [-0.2, 0) is 16.0 Å². The highest BCUT2D eigenvalue weighted by Gasteiger charge is 2.16. The van der Waals surface area contributed by atoms with Gasteiger partial charge in [-0.2, -0.15) is 0 Å². The lowest BCUT2D eigenvalue weighted by Crippen LogP contribution is -2.30. The van der Waals surface area contributed by atoms with Crippen LogP contribution in [0.1, 0.15) is 15.9 Å². The third-order valence-corrected chi connectivity index (χ3v) is 4.10. The Hall–Kier alpha value is -3.42. The maximum atomic E-state index is 12.0. The molecule has 1 aliphatic rings. The monoisotopic (exact) mass is 387 g/mol. The van der Waals surface area contributed by atoms with Gasteiger partial charge in [0.1, 0.15) is 30.3 Å². The highest BCUT2D eigenvalue weighted by Crippen LogP contribution is 2.30. The summed E-state index contributed by atoms with van der Waals surface area (Å²) in [5.41, 5.74) is 0.922. The second-order valence-corrected chi connectivity index (χ2v) is 6.04. The molecule has 0 atom stereocenters. The first-order valence-corrected chi connectivity index (χ1v) is 8.76. The molecule has 1 amide bonds. The number of rotatable bonds is 7. The number of amides is 1. The average Bonchev–Trinajstić information content (AvgIpc) is 2.72. The third kappa shape index (κ3) is 4.85. The van der Waals surface area contributed by atoms with Crippen molar-refractivity contribution in [3.05, 3.63) is 47.5 Å². The molecule has 1 heterocycles. The molecule has 1 aliphatic heterocycles. The summed E-state index contributed by atoms with van der Waals surface area (Å²) in [6, 6.07) is 9.81. The zero-order valence-electron chi connectivity index (χ0n) is 15.4. The van der Waals surface area contributed by atoms with Gasteiger partial charge in [-0.05, 0) is 42.3 Å². The van der Waals surface area contributed by atoms with Gasteiger partial charge in [0.25, 0.3) is 5.91 Å². The van der Waals surface area contributed by atoms with E-state index >= 15 is 0 Å². The molecule has 148 valence electrons. The molecule has 0 saturated heterocycles. The van der Waals surface area contributed by atoms with Crippen molar-refractivity contribution in [3.63, 3.8) is 0 Å². The van der Waals surface area contributed by atoms with Gasteiger partial charge in [0.05, 0.1) is 7.11 Å². The molecule has 8 heteroatoms. The minimum Gasteiger partial charge on any atom is -0.507 e. The number of phenolic OH excluding ortho intramolecular Hbond substituents is 1. The lowest BCUT2D eigenvalue weighted by Gasteiger charge is -2.18. The Balaban J connectivity index is 1.44. The molecule has 0 spiro atoms. The van der Waals surface area contributed by atoms with Gasteiger partial charge < -0.3 is 29.4 Å². The normalized spacial score (nSPS) is 12.2. The second kappa shape index (κ2) is 8.98. The van der Waals surface area contributed by atoms with E-state index in [-0.39, 0.29) is 11.3 Å². The summed E-state index contributed by atoms with van der Waals surface area (Å²) >= 11 is 0. The molecule has 8 nitrogen and oxygen atoms in total. The maximum Gasteiger partial charge on any atom is 0.342 e. The van der Waals surface area contributed by atoms with Gasteiger partial charge in [0, 0.05) is 6.54 Å². The fourth-order valence-corrected chi connectivity index (χ4v) is 2.66. The van der Waals surface area contributed by atoms with Crippen LogP contribution in [0, 0.1) is 0 Å². The summed E-state index contributed by atoms with van der Waals surface area (Å²) in [5, 5.41) is 12.4. The smallest absolute Gasteiger partial charge is 0.342 e. The van der Waals surface area contributed by atoms with Crippen LogP contribution < -0.4 is 19.5 Å². The van der Waals surface area contributed by atoms with E-state index in [2.05, 4.69) is 5.32 Å². The van der Waals surface area contributed by atoms with Crippen LogP contribution in [0.2, 0.25) is 0 Å². The Kier molecular flexibility index (Phi) is 6.21. The largest absolute Gasteiger partial charge is 0.507 e. The molecule has 0 aliphatic carbocycles. The number of fused-ring (bicyclic) bond motifs is 1. The number of ether oxygens (including phenoxy) is 4. The zero-order chi connectivity index (χ0) is 19.9. The summed E-state index contributed by atoms with van der Waals surface area (Å²) in [4.78, 5) is 23.9. The Morgan fingerprint density at radius 3 is 2.68 bits per heavy atom. The zero-order valence-corrected chi connectivity index (χ0v) is 15.4. The quantitative estimate of drug-likeness (QED) is 0.697. The van der Waals surface area contributed by atoms with Crippen molar-refractivity contribution in [1.29, 1.82) is 0 Å². The minimum absolute atomic E-state index is 0.0663. The molecule has 2 N–H and O–H groups in total. The molecule has 0 unspecified atom stereocenters. The molecule has 2 aromatic rings. The number of carbonyl (C=O) groups is 2. The van der Waals surface area contributed by atoms with Crippen molar-refractivity contribution in [2.75, 3.05) is 33.5 Å². The predicted molar refractivity (Wildman–Crippen MR) is 99.1 cm³/mol. The number of hydrogen-bond acceptors (Lipinski definition) is 7. The van der Waals surface area contributed by atoms with Crippen LogP contribution in [0.25, 0.3) is 0 Å². The molecule has 0 fully saturated rings. The van der Waals surface area contributed by atoms with E-state index in [1.807, 2.05) is 18.2 Å². The van der Waals surface area contributed by atoms with Crippen LogP contribution >= 0.6 is 0 Å². The SMILES string of the molecule is COc1ccc(O)c(C(=O)OCC(=O)NCCc2ccc3c(c2)OCCO3)c1. The predicted octanol–water partition coefficient (Wildman–Crippen LogP) is 1.69. The van der Waals surface area contributed by atoms with Crippen molar-refractivity contribution in [3.8, 4) is 23.0 Å². The van der Waals surface area contributed by atoms with Crippen molar-refractivity contribution in [1.82, 2.24) is 5.32 Å². The summed E-state index contributed by atoms with van der Waals surface area (Å²) in [6.07, 6.45) is 0.590. The molecule has 0 aromatic heterocycles. The number of benzene rings is 2. The number of carbonyl (C=O) groups excluding carboxylic acids is 2. The lowest BCUT2D eigenvalue weighted by atomic mass is 10.1. The molecule has 28 heavy (non-hydrogen) atoms. The molecule has 0 radical (unpaired) electrons. The molecule has 2 aromatic carbocycles. The Bertz CT molecular complexity index is 866. The third-order valence-electron chi connectivity index (χ3n) is 4.10. The topological polar surface area (TPSA) is 103 Å². The first-order valence-electron chi connectivity index (χ1n) is 8.76. The van der Waals surface area contributed by atoms with E-state index in [1.54, 1.807) is 0 Å². The minimum atomic E-state index is -0.807. The second-order valence-electron chi connectivity index (χ2n) is 6.04. The Labute approximate surface area is 162 Å². The van der Waals surface area contributed by atoms with E-state index in [4.69, 9.17) is 18.9 Å².